The van der Waals surface area contributed by atoms with Crippen molar-refractivity contribution < 1.29 is 9.59 Å². The third-order valence-corrected chi connectivity index (χ3v) is 4.02. The number of hydrogen-bond acceptors (Lipinski definition) is 3. The molecule has 0 bridgehead atoms. The molecule has 2 amide bonds. The van der Waals surface area contributed by atoms with Crippen LogP contribution in [0.2, 0.25) is 0 Å². The van der Waals surface area contributed by atoms with E-state index in [4.69, 9.17) is 0 Å². The maximum absolute atomic E-state index is 12.6. The Balaban J connectivity index is 3.04. The Morgan fingerprint density at radius 1 is 1.32 bits per heavy atom. The minimum Gasteiger partial charge on any atom is -0.342 e. The van der Waals surface area contributed by atoms with Gasteiger partial charge < -0.3 is 10.2 Å². The highest BCUT2D eigenvalue weighted by Crippen LogP contribution is 2.29. The Morgan fingerprint density at radius 3 is 2.32 bits per heavy atom. The third kappa shape index (κ3) is 3.65. The topological polar surface area (TPSA) is 49.4 Å². The van der Waals surface area contributed by atoms with E-state index in [-0.39, 0.29) is 35.2 Å². The largest absolute Gasteiger partial charge is 0.342 e. The van der Waals surface area contributed by atoms with Crippen molar-refractivity contribution in [1.82, 2.24) is 10.2 Å². The van der Waals surface area contributed by atoms with Crippen molar-refractivity contribution in [2.75, 3.05) is 18.6 Å². The van der Waals surface area contributed by atoms with E-state index >= 15 is 0 Å². The summed E-state index contributed by atoms with van der Waals surface area (Å²) in [7, 11) is 0. The molecule has 2 atom stereocenters. The van der Waals surface area contributed by atoms with Crippen LogP contribution in [0.15, 0.2) is 0 Å². The average Bonchev–Trinajstić information content (AvgIpc) is 2.27. The molecular formula is C14H26N2O2S. The number of hydrogen-bond donors (Lipinski definition) is 1. The van der Waals surface area contributed by atoms with E-state index in [2.05, 4.69) is 5.32 Å². The van der Waals surface area contributed by atoms with E-state index in [1.165, 1.54) is 0 Å². The van der Waals surface area contributed by atoms with Gasteiger partial charge >= 0.3 is 0 Å². The molecule has 0 aromatic carbocycles. The van der Waals surface area contributed by atoms with Crippen LogP contribution in [-0.2, 0) is 9.59 Å². The Hall–Kier alpha value is -0.710. The lowest BCUT2D eigenvalue weighted by Crippen LogP contribution is -2.68. The fourth-order valence-corrected chi connectivity index (χ4v) is 2.86. The lowest BCUT2D eigenvalue weighted by molar-refractivity contribution is -0.154. The second-order valence-electron chi connectivity index (χ2n) is 6.52. The molecule has 1 fully saturated rings. The van der Waals surface area contributed by atoms with Gasteiger partial charge in [0, 0.05) is 12.3 Å². The van der Waals surface area contributed by atoms with E-state index in [0.29, 0.717) is 6.54 Å². The number of thioether (sulfide) groups is 1. The number of carbonyl (C=O) groups is 2. The zero-order valence-corrected chi connectivity index (χ0v) is 13.6. The lowest BCUT2D eigenvalue weighted by atomic mass is 9.82. The standard InChI is InChI=1S/C14H26N2O2S/c1-9(2)10-13(18)16(7-8-19-6)11(12(17)15-10)14(3,4)5/h9-11H,7-8H2,1-6H3,(H,15,17). The van der Waals surface area contributed by atoms with Gasteiger partial charge in [0.15, 0.2) is 0 Å². The van der Waals surface area contributed by atoms with Crippen LogP contribution in [0.1, 0.15) is 34.6 Å². The minimum absolute atomic E-state index is 0.0214. The third-order valence-electron chi connectivity index (χ3n) is 3.43. The number of nitrogens with zero attached hydrogens (tertiary/aromatic N) is 1. The summed E-state index contributed by atoms with van der Waals surface area (Å²) in [5, 5.41) is 2.89. The Bertz CT molecular complexity index is 350. The van der Waals surface area contributed by atoms with Crippen LogP contribution in [-0.4, -0.2) is 47.4 Å². The van der Waals surface area contributed by atoms with Gasteiger partial charge in [-0.1, -0.05) is 34.6 Å². The zero-order valence-electron chi connectivity index (χ0n) is 12.8. The molecule has 1 aliphatic heterocycles. The number of piperazine rings is 1. The van der Waals surface area contributed by atoms with E-state index < -0.39 is 0 Å². The van der Waals surface area contributed by atoms with Gasteiger partial charge in [0.05, 0.1) is 0 Å². The normalized spacial score (nSPS) is 24.9. The van der Waals surface area contributed by atoms with Crippen molar-refractivity contribution >= 4 is 23.6 Å². The summed E-state index contributed by atoms with van der Waals surface area (Å²) in [6, 6.07) is -0.755. The van der Waals surface area contributed by atoms with Gasteiger partial charge in [-0.05, 0) is 17.6 Å². The highest BCUT2D eigenvalue weighted by atomic mass is 32.2. The number of carbonyl (C=O) groups excluding carboxylic acids is 2. The first-order chi connectivity index (χ1) is 8.70. The quantitative estimate of drug-likeness (QED) is 0.856. The molecule has 0 aromatic heterocycles. The first-order valence-corrected chi connectivity index (χ1v) is 8.19. The predicted molar refractivity (Wildman–Crippen MR) is 80.1 cm³/mol. The fraction of sp³-hybridized carbons (Fsp3) is 0.857. The SMILES string of the molecule is CSCCN1C(=O)C(C(C)C)NC(=O)C1C(C)(C)C. The summed E-state index contributed by atoms with van der Waals surface area (Å²) in [4.78, 5) is 26.7. The number of amides is 2. The number of rotatable bonds is 4. The van der Waals surface area contributed by atoms with Gasteiger partial charge in [-0.2, -0.15) is 11.8 Å². The molecule has 0 saturated carbocycles. The molecule has 1 rings (SSSR count). The Morgan fingerprint density at radius 2 is 1.89 bits per heavy atom. The lowest BCUT2D eigenvalue weighted by Gasteiger charge is -2.45. The molecule has 2 unspecified atom stereocenters. The van der Waals surface area contributed by atoms with E-state index in [9.17, 15) is 9.59 Å². The maximum atomic E-state index is 12.6. The molecule has 4 nitrogen and oxygen atoms in total. The van der Waals surface area contributed by atoms with Gasteiger partial charge in [0.25, 0.3) is 0 Å². The van der Waals surface area contributed by atoms with E-state index in [1.807, 2.05) is 40.9 Å². The van der Waals surface area contributed by atoms with Crippen LogP contribution in [0, 0.1) is 11.3 Å². The van der Waals surface area contributed by atoms with Gasteiger partial charge in [-0.3, -0.25) is 9.59 Å². The van der Waals surface area contributed by atoms with Gasteiger partial charge in [0.2, 0.25) is 11.8 Å². The molecule has 1 N–H and O–H groups in total. The first-order valence-electron chi connectivity index (χ1n) is 6.80. The van der Waals surface area contributed by atoms with Crippen molar-refractivity contribution in [1.29, 1.82) is 0 Å². The molecule has 1 aliphatic rings. The van der Waals surface area contributed by atoms with Crippen molar-refractivity contribution in [3.8, 4) is 0 Å². The molecule has 1 saturated heterocycles. The van der Waals surface area contributed by atoms with Crippen LogP contribution in [0.5, 0.6) is 0 Å². The van der Waals surface area contributed by atoms with Crippen molar-refractivity contribution in [3.05, 3.63) is 0 Å². The fourth-order valence-electron chi connectivity index (χ4n) is 2.48. The summed E-state index contributed by atoms with van der Waals surface area (Å²) in [6.07, 6.45) is 2.01. The van der Waals surface area contributed by atoms with Crippen LogP contribution in [0.25, 0.3) is 0 Å². The molecule has 0 radical (unpaired) electrons. The molecule has 0 aromatic rings. The summed E-state index contributed by atoms with van der Waals surface area (Å²) >= 11 is 1.70. The second kappa shape index (κ2) is 6.16. The number of nitrogens with one attached hydrogen (secondary N) is 1. The van der Waals surface area contributed by atoms with Crippen LogP contribution < -0.4 is 5.32 Å². The van der Waals surface area contributed by atoms with Gasteiger partial charge in [-0.15, -0.1) is 0 Å². The van der Waals surface area contributed by atoms with Crippen LogP contribution >= 0.6 is 11.8 Å². The maximum Gasteiger partial charge on any atom is 0.246 e. The minimum atomic E-state index is -0.382. The van der Waals surface area contributed by atoms with Crippen LogP contribution in [0.3, 0.4) is 0 Å². The highest BCUT2D eigenvalue weighted by Gasteiger charge is 2.46. The molecule has 5 heteroatoms. The van der Waals surface area contributed by atoms with Crippen molar-refractivity contribution in [2.24, 2.45) is 11.3 Å². The molecule has 0 aliphatic carbocycles. The van der Waals surface area contributed by atoms with E-state index in [0.717, 1.165) is 5.75 Å². The highest BCUT2D eigenvalue weighted by molar-refractivity contribution is 7.98. The second-order valence-corrected chi connectivity index (χ2v) is 7.51. The molecule has 1 heterocycles. The van der Waals surface area contributed by atoms with Crippen LogP contribution in [0.4, 0.5) is 0 Å². The summed E-state index contributed by atoms with van der Waals surface area (Å²) in [5.41, 5.74) is -0.250. The Labute approximate surface area is 120 Å². The van der Waals surface area contributed by atoms with Crippen molar-refractivity contribution in [3.63, 3.8) is 0 Å². The van der Waals surface area contributed by atoms with Crippen molar-refractivity contribution in [2.45, 2.75) is 46.7 Å². The molecule has 0 spiro atoms. The predicted octanol–water partition coefficient (Wildman–Crippen LogP) is 1.75. The molecule has 110 valence electrons. The Kier molecular flexibility index (Phi) is 5.30. The molecule has 19 heavy (non-hydrogen) atoms. The molecular weight excluding hydrogens is 260 g/mol. The van der Waals surface area contributed by atoms with Gasteiger partial charge in [0.1, 0.15) is 12.1 Å². The zero-order chi connectivity index (χ0) is 14.8. The monoisotopic (exact) mass is 286 g/mol. The summed E-state index contributed by atoms with van der Waals surface area (Å²) in [6.45, 7) is 10.6. The summed E-state index contributed by atoms with van der Waals surface area (Å²) < 4.78 is 0. The van der Waals surface area contributed by atoms with E-state index in [1.54, 1.807) is 16.7 Å². The first kappa shape index (κ1) is 16.3. The average molecular weight is 286 g/mol. The smallest absolute Gasteiger partial charge is 0.246 e. The summed E-state index contributed by atoms with van der Waals surface area (Å²) in [5.74, 6) is 1.01. The van der Waals surface area contributed by atoms with Gasteiger partial charge in [-0.25, -0.2) is 0 Å².